The maximum Gasteiger partial charge on any atom is 0.320 e. The lowest BCUT2D eigenvalue weighted by molar-refractivity contribution is -0.200. The van der Waals surface area contributed by atoms with Gasteiger partial charge in [-0.1, -0.05) is 29.4 Å². The van der Waals surface area contributed by atoms with Crippen LogP contribution in [0.3, 0.4) is 0 Å². The van der Waals surface area contributed by atoms with Gasteiger partial charge in [-0.3, -0.25) is 0 Å². The maximum atomic E-state index is 7.00. The van der Waals surface area contributed by atoms with Gasteiger partial charge in [0.25, 0.3) is 0 Å². The Balaban J connectivity index is 1.28. The highest BCUT2D eigenvalue weighted by atomic mass is 127. The highest BCUT2D eigenvalue weighted by Crippen LogP contribution is 2.75. The van der Waals surface area contributed by atoms with Gasteiger partial charge in [0.05, 0.1) is 18.4 Å². The average molecular weight is 624 g/mol. The van der Waals surface area contributed by atoms with Gasteiger partial charge in [-0.25, -0.2) is 0 Å². The Morgan fingerprint density at radius 1 is 1.16 bits per heavy atom. The molecule has 2 aromatic carbocycles. The predicted molar refractivity (Wildman–Crippen MR) is 149 cm³/mol. The third kappa shape index (κ3) is 2.63. The fourth-order valence-corrected chi connectivity index (χ4v) is 9.14. The lowest BCUT2D eigenvalue weighted by atomic mass is 9.37. The van der Waals surface area contributed by atoms with Crippen molar-refractivity contribution in [3.05, 3.63) is 69.1 Å². The van der Waals surface area contributed by atoms with Crippen LogP contribution in [0.5, 0.6) is 11.5 Å². The number of likely N-dealkylation sites (N-methyl/N-ethyl adjacent to an activating group) is 1. The number of rotatable bonds is 5. The number of piperidine rings is 1. The summed E-state index contributed by atoms with van der Waals surface area (Å²) in [5.41, 5.74) is 2.54. The average Bonchev–Trinajstić information content (AvgIpc) is 3.54. The number of likely N-dealkylation sites (tertiary alicyclic amines) is 1. The second-order valence-corrected chi connectivity index (χ2v) is 12.6. The van der Waals surface area contributed by atoms with E-state index < -0.39 is 5.60 Å². The van der Waals surface area contributed by atoms with Crippen molar-refractivity contribution in [1.29, 1.82) is 0 Å². The van der Waals surface area contributed by atoms with Crippen LogP contribution >= 0.6 is 22.6 Å². The van der Waals surface area contributed by atoms with Crippen molar-refractivity contribution in [2.75, 3.05) is 33.1 Å². The van der Waals surface area contributed by atoms with Gasteiger partial charge in [0.1, 0.15) is 11.7 Å². The fourth-order valence-electron chi connectivity index (χ4n) is 8.60. The number of nitrogens with zero attached hydrogens (tertiary/aromatic N) is 3. The van der Waals surface area contributed by atoms with Crippen molar-refractivity contribution in [2.24, 2.45) is 5.41 Å². The molecule has 0 unspecified atom stereocenters. The van der Waals surface area contributed by atoms with E-state index in [1.807, 2.05) is 24.3 Å². The number of ether oxygens (including phenoxy) is 3. The summed E-state index contributed by atoms with van der Waals surface area (Å²) in [5, 5.41) is 12.2. The molecule has 2 aliphatic heterocycles. The zero-order valence-corrected chi connectivity index (χ0v) is 23.7. The van der Waals surface area contributed by atoms with E-state index in [0.717, 1.165) is 46.6 Å². The van der Waals surface area contributed by atoms with Gasteiger partial charge in [-0.15, -0.1) is 5.10 Å². The highest BCUT2D eigenvalue weighted by molar-refractivity contribution is 14.1. The molecule has 3 heterocycles. The summed E-state index contributed by atoms with van der Waals surface area (Å²) in [4.78, 5) is 2.54. The smallest absolute Gasteiger partial charge is 0.320 e. The predicted octanol–water partition coefficient (Wildman–Crippen LogP) is 4.81. The number of benzene rings is 2. The number of fused-ring (bicyclic) bond motifs is 1. The number of hydrogen-bond donors (Lipinski definition) is 1. The van der Waals surface area contributed by atoms with E-state index in [9.17, 15) is 0 Å². The van der Waals surface area contributed by atoms with Gasteiger partial charge < -0.3 is 28.8 Å². The van der Waals surface area contributed by atoms with E-state index in [-0.39, 0.29) is 22.9 Å². The van der Waals surface area contributed by atoms with Crippen LogP contribution in [0.2, 0.25) is 0 Å². The van der Waals surface area contributed by atoms with Crippen LogP contribution in [-0.2, 0) is 16.6 Å². The molecular formula is C29H29IN4O4. The molecule has 38 heavy (non-hydrogen) atoms. The molecule has 1 saturated heterocycles. The maximum absolute atomic E-state index is 7.00. The number of halogens is 1. The SMILES string of the molecule is COc1ccc2c3c1O[C@H]1[C@@]4(OC)C=C[C@@]5(C[C@@H]4c4nnc(Nc6cccc(I)c6)o4)[C@@H](C2)N(C)CC[C@]315. The standard InChI is InChI=1S/C29H29IN4O4/c1-34-12-11-28-22-16-7-8-20(35-2)23(22)37-25(28)29(36-3)10-9-27(28,21(34)13-16)15-19(29)24-32-33-26(38-24)31-18-6-4-5-17(30)14-18/h4-10,14,19,21,25H,11-13,15H2,1-3H3,(H,31,33)/t19-,21-,25-,27-,28+,29-/m1/s1. The van der Waals surface area contributed by atoms with E-state index in [4.69, 9.17) is 18.6 Å². The van der Waals surface area contributed by atoms with Crippen molar-refractivity contribution in [3.63, 3.8) is 0 Å². The number of methoxy groups -OCH3 is 2. The monoisotopic (exact) mass is 624 g/mol. The quantitative estimate of drug-likeness (QED) is 0.320. The van der Waals surface area contributed by atoms with Crippen LogP contribution in [0.4, 0.5) is 11.7 Å². The topological polar surface area (TPSA) is 81.9 Å². The molecule has 2 fully saturated rings. The third-order valence-electron chi connectivity index (χ3n) is 10.1. The molecule has 9 heteroatoms. The van der Waals surface area contributed by atoms with Gasteiger partial charge in [0.2, 0.25) is 5.89 Å². The summed E-state index contributed by atoms with van der Waals surface area (Å²) in [6.45, 7) is 1.02. The van der Waals surface area contributed by atoms with Crippen LogP contribution in [0.25, 0.3) is 0 Å². The first-order valence-electron chi connectivity index (χ1n) is 13.1. The molecule has 2 spiro atoms. The molecule has 4 aliphatic carbocycles. The fraction of sp³-hybridized carbons (Fsp3) is 0.448. The van der Waals surface area contributed by atoms with Gasteiger partial charge in [0, 0.05) is 33.4 Å². The van der Waals surface area contributed by atoms with Crippen molar-refractivity contribution in [3.8, 4) is 11.5 Å². The summed E-state index contributed by atoms with van der Waals surface area (Å²) < 4.78 is 26.8. The Bertz CT molecular complexity index is 1510. The molecule has 9 rings (SSSR count). The lowest BCUT2D eigenvalue weighted by Crippen LogP contribution is -2.78. The third-order valence-corrected chi connectivity index (χ3v) is 10.8. The first-order valence-corrected chi connectivity index (χ1v) is 14.2. The van der Waals surface area contributed by atoms with Crippen molar-refractivity contribution < 1.29 is 18.6 Å². The summed E-state index contributed by atoms with van der Waals surface area (Å²) in [5.74, 6) is 2.12. The zero-order valence-electron chi connectivity index (χ0n) is 21.5. The summed E-state index contributed by atoms with van der Waals surface area (Å²) in [6.07, 6.45) is 7.31. The minimum atomic E-state index is -0.743. The largest absolute Gasteiger partial charge is 0.493 e. The Hall–Kier alpha value is -2.63. The van der Waals surface area contributed by atoms with Gasteiger partial charge in [-0.05, 0) is 85.3 Å². The zero-order chi connectivity index (χ0) is 25.9. The lowest BCUT2D eigenvalue weighted by Gasteiger charge is -2.70. The van der Waals surface area contributed by atoms with Crippen LogP contribution in [-0.4, -0.2) is 60.7 Å². The molecule has 4 bridgehead atoms. The Labute approximate surface area is 234 Å². The van der Waals surface area contributed by atoms with Crippen molar-refractivity contribution in [2.45, 2.75) is 48.3 Å². The molecule has 6 aliphatic rings. The van der Waals surface area contributed by atoms with Gasteiger partial charge in [0.15, 0.2) is 11.5 Å². The van der Waals surface area contributed by atoms with E-state index >= 15 is 0 Å². The first-order chi connectivity index (χ1) is 18.5. The minimum absolute atomic E-state index is 0.141. The second-order valence-electron chi connectivity index (χ2n) is 11.3. The molecular weight excluding hydrogens is 595 g/mol. The van der Waals surface area contributed by atoms with E-state index in [0.29, 0.717) is 17.9 Å². The van der Waals surface area contributed by atoms with Crippen molar-refractivity contribution in [1.82, 2.24) is 15.1 Å². The molecule has 0 amide bonds. The van der Waals surface area contributed by atoms with Crippen LogP contribution < -0.4 is 14.8 Å². The van der Waals surface area contributed by atoms with Crippen molar-refractivity contribution >= 4 is 34.3 Å². The summed E-state index contributed by atoms with van der Waals surface area (Å²) in [7, 11) is 5.77. The Kier molecular flexibility index (Phi) is 4.73. The molecule has 0 radical (unpaired) electrons. The number of nitrogens with one attached hydrogen (secondary N) is 1. The van der Waals surface area contributed by atoms with E-state index in [2.05, 4.69) is 74.3 Å². The Morgan fingerprint density at radius 3 is 2.87 bits per heavy atom. The minimum Gasteiger partial charge on any atom is -0.493 e. The normalized spacial score (nSPS) is 35.6. The van der Waals surface area contributed by atoms with Gasteiger partial charge in [-0.2, -0.15) is 0 Å². The van der Waals surface area contributed by atoms with Crippen LogP contribution in [0.15, 0.2) is 53.0 Å². The number of hydrogen-bond acceptors (Lipinski definition) is 8. The summed E-state index contributed by atoms with van der Waals surface area (Å²) >= 11 is 2.29. The Morgan fingerprint density at radius 2 is 2.05 bits per heavy atom. The number of anilines is 2. The molecule has 1 saturated carbocycles. The van der Waals surface area contributed by atoms with Crippen LogP contribution in [0.1, 0.15) is 35.8 Å². The molecule has 6 atom stereocenters. The molecule has 1 aromatic heterocycles. The highest BCUT2D eigenvalue weighted by Gasteiger charge is 2.79. The molecule has 1 N–H and O–H groups in total. The second kappa shape index (κ2) is 7.73. The molecule has 8 nitrogen and oxygen atoms in total. The molecule has 3 aromatic rings. The van der Waals surface area contributed by atoms with E-state index in [1.54, 1.807) is 14.2 Å². The summed E-state index contributed by atoms with van der Waals surface area (Å²) in [6, 6.07) is 13.1. The first kappa shape index (κ1) is 23.3. The number of aromatic nitrogens is 2. The van der Waals surface area contributed by atoms with Gasteiger partial charge >= 0.3 is 6.01 Å². The molecule has 196 valence electrons. The van der Waals surface area contributed by atoms with E-state index in [1.165, 1.54) is 11.1 Å². The van der Waals surface area contributed by atoms with Crippen LogP contribution in [0, 0.1) is 8.99 Å².